The lowest BCUT2D eigenvalue weighted by Crippen LogP contribution is -2.50. The van der Waals surface area contributed by atoms with Gasteiger partial charge in [0.15, 0.2) is 0 Å². The molecule has 1 nitrogen and oxygen atoms in total. The molecular weight excluding hydrogens is 299 g/mol. The Hall–Kier alpha value is 0.690. The van der Waals surface area contributed by atoms with Crippen LogP contribution in [0.5, 0.6) is 0 Å². The van der Waals surface area contributed by atoms with Crippen LogP contribution in [0.4, 0.5) is 0 Å². The topological polar surface area (TPSA) is 20.2 Å². The Balaban J connectivity index is 2.10. The fourth-order valence-electron chi connectivity index (χ4n) is 3.34. The predicted molar refractivity (Wildman–Crippen MR) is 72.5 cm³/mol. The smallest absolute Gasteiger partial charge is 0.0792 e. The fraction of sp³-hybridized carbons (Fsp3) is 1.00. The van der Waals surface area contributed by atoms with E-state index in [2.05, 4.69) is 22.6 Å². The van der Waals surface area contributed by atoms with Crippen LogP contribution in [0.2, 0.25) is 0 Å². The van der Waals surface area contributed by atoms with Gasteiger partial charge in [0.25, 0.3) is 0 Å². The van der Waals surface area contributed by atoms with E-state index >= 15 is 0 Å². The van der Waals surface area contributed by atoms with Gasteiger partial charge in [-0.05, 0) is 25.7 Å². The Morgan fingerprint density at radius 2 is 1.07 bits per heavy atom. The zero-order valence-electron chi connectivity index (χ0n) is 9.60. The van der Waals surface area contributed by atoms with E-state index in [1.807, 2.05) is 0 Å². The summed E-state index contributed by atoms with van der Waals surface area (Å²) < 4.78 is 0.202. The summed E-state index contributed by atoms with van der Waals surface area (Å²) >= 11 is 2.59. The van der Waals surface area contributed by atoms with Crippen molar-refractivity contribution in [2.24, 2.45) is 0 Å². The summed E-state index contributed by atoms with van der Waals surface area (Å²) in [4.78, 5) is 0. The first-order valence-corrected chi connectivity index (χ1v) is 7.66. The molecule has 0 aromatic heterocycles. The van der Waals surface area contributed by atoms with Gasteiger partial charge in [-0.2, -0.15) is 0 Å². The highest BCUT2D eigenvalue weighted by Crippen LogP contribution is 2.49. The SMILES string of the molecule is OC1(C2(I)CCCCC2)CCCCCC1. The highest BCUT2D eigenvalue weighted by atomic mass is 127. The summed E-state index contributed by atoms with van der Waals surface area (Å²) in [6.45, 7) is 0. The molecule has 2 fully saturated rings. The number of halogens is 1. The Morgan fingerprint density at radius 1 is 0.667 bits per heavy atom. The number of hydrogen-bond acceptors (Lipinski definition) is 1. The van der Waals surface area contributed by atoms with Gasteiger partial charge in [-0.3, -0.25) is 0 Å². The number of rotatable bonds is 1. The number of alkyl halides is 1. The maximum Gasteiger partial charge on any atom is 0.0792 e. The summed E-state index contributed by atoms with van der Waals surface area (Å²) in [6.07, 6.45) is 13.7. The van der Waals surface area contributed by atoms with E-state index in [0.717, 1.165) is 12.8 Å². The molecule has 0 amide bonds. The third kappa shape index (κ3) is 2.51. The minimum absolute atomic E-state index is 0.202. The Labute approximate surface area is 107 Å². The predicted octanol–water partition coefficient (Wildman–Crippen LogP) is 4.21. The third-order valence-electron chi connectivity index (χ3n) is 4.41. The van der Waals surface area contributed by atoms with Crippen LogP contribution in [0.3, 0.4) is 0 Å². The van der Waals surface area contributed by atoms with Crippen molar-refractivity contribution < 1.29 is 5.11 Å². The fourth-order valence-corrected chi connectivity index (χ4v) is 4.64. The normalized spacial score (nSPS) is 30.8. The minimum Gasteiger partial charge on any atom is -0.389 e. The lowest BCUT2D eigenvalue weighted by Gasteiger charge is -2.46. The van der Waals surface area contributed by atoms with Crippen LogP contribution in [0.25, 0.3) is 0 Å². The van der Waals surface area contributed by atoms with Gasteiger partial charge < -0.3 is 5.11 Å². The maximum absolute atomic E-state index is 10.9. The molecule has 2 aliphatic carbocycles. The van der Waals surface area contributed by atoms with Crippen molar-refractivity contribution in [3.8, 4) is 0 Å². The van der Waals surface area contributed by atoms with Gasteiger partial charge in [-0.15, -0.1) is 0 Å². The number of hydrogen-bond donors (Lipinski definition) is 1. The van der Waals surface area contributed by atoms with Crippen molar-refractivity contribution in [3.05, 3.63) is 0 Å². The molecule has 1 N–H and O–H groups in total. The van der Waals surface area contributed by atoms with Gasteiger partial charge in [0.2, 0.25) is 0 Å². The van der Waals surface area contributed by atoms with Crippen LogP contribution in [-0.4, -0.2) is 14.1 Å². The molecular formula is C13H23IO. The van der Waals surface area contributed by atoms with E-state index in [1.165, 1.54) is 57.8 Å². The molecule has 88 valence electrons. The van der Waals surface area contributed by atoms with Crippen LogP contribution in [0.15, 0.2) is 0 Å². The molecule has 2 rings (SSSR count). The Bertz CT molecular complexity index is 201. The van der Waals surface area contributed by atoms with Crippen molar-refractivity contribution in [1.82, 2.24) is 0 Å². The third-order valence-corrected chi connectivity index (χ3v) is 6.49. The standard InChI is InChI=1S/C13H23IO/c14-12(8-4-3-5-9-12)13(15)10-6-1-2-7-11-13/h15H,1-11H2. The first-order valence-electron chi connectivity index (χ1n) is 6.58. The first kappa shape index (κ1) is 12.2. The van der Waals surface area contributed by atoms with Crippen molar-refractivity contribution in [2.45, 2.75) is 79.7 Å². The van der Waals surface area contributed by atoms with Crippen molar-refractivity contribution in [2.75, 3.05) is 0 Å². The summed E-state index contributed by atoms with van der Waals surface area (Å²) in [6, 6.07) is 0. The molecule has 0 heterocycles. The maximum atomic E-state index is 10.9. The molecule has 2 saturated carbocycles. The van der Waals surface area contributed by atoms with Crippen LogP contribution in [0, 0.1) is 0 Å². The van der Waals surface area contributed by atoms with E-state index in [1.54, 1.807) is 0 Å². The molecule has 15 heavy (non-hydrogen) atoms. The molecule has 0 atom stereocenters. The molecule has 0 radical (unpaired) electrons. The van der Waals surface area contributed by atoms with Crippen LogP contribution < -0.4 is 0 Å². The molecule has 0 unspecified atom stereocenters. The van der Waals surface area contributed by atoms with E-state index in [9.17, 15) is 5.11 Å². The van der Waals surface area contributed by atoms with Gasteiger partial charge >= 0.3 is 0 Å². The zero-order valence-corrected chi connectivity index (χ0v) is 11.8. The van der Waals surface area contributed by atoms with E-state index in [-0.39, 0.29) is 9.02 Å². The van der Waals surface area contributed by atoms with E-state index < -0.39 is 0 Å². The summed E-state index contributed by atoms with van der Waals surface area (Å²) in [5, 5.41) is 10.9. The number of aliphatic hydroxyl groups is 1. The zero-order chi connectivity index (χ0) is 10.8. The van der Waals surface area contributed by atoms with Crippen molar-refractivity contribution in [3.63, 3.8) is 0 Å². The summed E-state index contributed by atoms with van der Waals surface area (Å²) in [7, 11) is 0. The van der Waals surface area contributed by atoms with Gasteiger partial charge in [0.05, 0.1) is 9.02 Å². The highest BCUT2D eigenvalue weighted by Gasteiger charge is 2.48. The molecule has 0 saturated heterocycles. The van der Waals surface area contributed by atoms with Crippen LogP contribution in [-0.2, 0) is 0 Å². The van der Waals surface area contributed by atoms with Gasteiger partial charge in [0, 0.05) is 0 Å². The first-order chi connectivity index (χ1) is 7.16. The lowest BCUT2D eigenvalue weighted by atomic mass is 9.73. The quantitative estimate of drug-likeness (QED) is 0.436. The summed E-state index contributed by atoms with van der Waals surface area (Å²) in [5.41, 5.74) is -0.343. The van der Waals surface area contributed by atoms with Gasteiger partial charge in [-0.25, -0.2) is 0 Å². The molecule has 0 aromatic carbocycles. The second-order valence-corrected chi connectivity index (χ2v) is 7.54. The van der Waals surface area contributed by atoms with Gasteiger partial charge in [0.1, 0.15) is 0 Å². The second kappa shape index (κ2) is 4.91. The molecule has 0 spiro atoms. The van der Waals surface area contributed by atoms with Crippen molar-refractivity contribution >= 4 is 22.6 Å². The molecule has 0 aliphatic heterocycles. The van der Waals surface area contributed by atoms with Gasteiger partial charge in [-0.1, -0.05) is 67.5 Å². The molecule has 2 aliphatic rings. The van der Waals surface area contributed by atoms with Crippen LogP contribution >= 0.6 is 22.6 Å². The molecule has 0 aromatic rings. The largest absolute Gasteiger partial charge is 0.389 e. The average Bonchev–Trinajstić information content (AvgIpc) is 2.45. The Morgan fingerprint density at radius 3 is 1.60 bits per heavy atom. The van der Waals surface area contributed by atoms with E-state index in [0.29, 0.717) is 0 Å². The highest BCUT2D eigenvalue weighted by molar-refractivity contribution is 14.1. The summed E-state index contributed by atoms with van der Waals surface area (Å²) in [5.74, 6) is 0. The minimum atomic E-state index is -0.343. The molecule has 2 heteroatoms. The monoisotopic (exact) mass is 322 g/mol. The van der Waals surface area contributed by atoms with Crippen molar-refractivity contribution in [1.29, 1.82) is 0 Å². The lowest BCUT2D eigenvalue weighted by molar-refractivity contribution is -0.0195. The van der Waals surface area contributed by atoms with Crippen LogP contribution in [0.1, 0.15) is 70.6 Å². The molecule has 0 bridgehead atoms. The second-order valence-electron chi connectivity index (χ2n) is 5.47. The van der Waals surface area contributed by atoms with E-state index in [4.69, 9.17) is 0 Å². The Kier molecular flexibility index (Phi) is 3.98. The average molecular weight is 322 g/mol.